The predicted octanol–water partition coefficient (Wildman–Crippen LogP) is 4.48. The number of aromatic nitrogens is 1. The van der Waals surface area contributed by atoms with Crippen molar-refractivity contribution in [3.63, 3.8) is 0 Å². The van der Waals surface area contributed by atoms with Crippen LogP contribution in [0.2, 0.25) is 0 Å². The third kappa shape index (κ3) is 4.27. The second kappa shape index (κ2) is 9.40. The number of anilines is 2. The maximum absolute atomic E-state index is 13.3. The Bertz CT molecular complexity index is 1060. The number of nitrogens with one attached hydrogen (secondary N) is 1. The first-order valence-electron chi connectivity index (χ1n) is 11.8. The van der Waals surface area contributed by atoms with Gasteiger partial charge in [-0.3, -0.25) is 4.79 Å². The van der Waals surface area contributed by atoms with Gasteiger partial charge in [0.2, 0.25) is 5.91 Å². The highest BCUT2D eigenvalue weighted by Crippen LogP contribution is 2.63. The molecule has 0 radical (unpaired) electrons. The Kier molecular flexibility index (Phi) is 6.86. The van der Waals surface area contributed by atoms with Crippen LogP contribution in [-0.2, 0) is 11.2 Å². The molecule has 2 aliphatic rings. The van der Waals surface area contributed by atoms with Crippen LogP contribution < -0.4 is 5.32 Å². The minimum absolute atomic E-state index is 0.00267. The number of thiazole rings is 1. The molecule has 1 heterocycles. The van der Waals surface area contributed by atoms with Crippen molar-refractivity contribution >= 4 is 28.1 Å². The Morgan fingerprint density at radius 1 is 1.38 bits per heavy atom. The van der Waals surface area contributed by atoms with Crippen LogP contribution in [0.25, 0.3) is 0 Å². The molecule has 0 bridgehead atoms. The van der Waals surface area contributed by atoms with E-state index in [1.165, 1.54) is 23.5 Å². The fraction of sp³-hybridized carbons (Fsp3) is 0.538. The number of nitrogens with zero attached hydrogens (tertiary/aromatic N) is 2. The standard InChI is InChI=1S/C26H34FN3O3S/c1-5-12-30(4)22(33)13-18-23-19(34-24(29-23)28-17-8-6-16(27)7-9-17)14-20-25(18,2)11-10-21(32)26(20,3)15-31/h5-9,18,20-21,31-32H,1,10-15H2,2-4H3,(H,28,29). The van der Waals surface area contributed by atoms with Gasteiger partial charge in [0.1, 0.15) is 5.82 Å². The van der Waals surface area contributed by atoms with E-state index in [4.69, 9.17) is 4.98 Å². The van der Waals surface area contributed by atoms with Gasteiger partial charge in [0.25, 0.3) is 0 Å². The predicted molar refractivity (Wildman–Crippen MR) is 133 cm³/mol. The van der Waals surface area contributed by atoms with Crippen molar-refractivity contribution in [2.24, 2.45) is 16.7 Å². The van der Waals surface area contributed by atoms with E-state index < -0.39 is 11.5 Å². The number of aliphatic hydroxyl groups is 2. The number of carbonyl (C=O) groups is 1. The number of benzene rings is 1. The average molecular weight is 488 g/mol. The zero-order chi connectivity index (χ0) is 24.7. The van der Waals surface area contributed by atoms with Gasteiger partial charge < -0.3 is 20.4 Å². The smallest absolute Gasteiger partial charge is 0.223 e. The summed E-state index contributed by atoms with van der Waals surface area (Å²) in [5.74, 6) is -0.414. The molecule has 3 N–H and O–H groups in total. The molecular weight excluding hydrogens is 453 g/mol. The Labute approximate surface area is 204 Å². The first kappa shape index (κ1) is 24.8. The summed E-state index contributed by atoms with van der Waals surface area (Å²) in [4.78, 5) is 20.8. The van der Waals surface area contributed by atoms with Gasteiger partial charge in [-0.1, -0.05) is 19.9 Å². The Morgan fingerprint density at radius 3 is 2.74 bits per heavy atom. The first-order chi connectivity index (χ1) is 16.1. The number of hydrogen-bond acceptors (Lipinski definition) is 6. The third-order valence-electron chi connectivity index (χ3n) is 8.20. The molecule has 0 aliphatic heterocycles. The normalized spacial score (nSPS) is 30.2. The van der Waals surface area contributed by atoms with E-state index in [-0.39, 0.29) is 35.6 Å². The minimum Gasteiger partial charge on any atom is -0.396 e. The van der Waals surface area contributed by atoms with E-state index in [9.17, 15) is 19.4 Å². The molecule has 2 aliphatic carbocycles. The molecule has 1 aromatic heterocycles. The molecule has 1 amide bonds. The number of rotatable bonds is 7. The van der Waals surface area contributed by atoms with Crippen molar-refractivity contribution in [1.82, 2.24) is 9.88 Å². The zero-order valence-corrected chi connectivity index (χ0v) is 20.9. The molecule has 5 unspecified atom stereocenters. The van der Waals surface area contributed by atoms with E-state index in [2.05, 4.69) is 18.8 Å². The Hall–Kier alpha value is -2.29. The van der Waals surface area contributed by atoms with Gasteiger partial charge in [0.15, 0.2) is 5.13 Å². The second-order valence-electron chi connectivity index (χ2n) is 10.3. The second-order valence-corrected chi connectivity index (χ2v) is 11.3. The number of hydrogen-bond donors (Lipinski definition) is 3. The summed E-state index contributed by atoms with van der Waals surface area (Å²) in [6.45, 7) is 8.26. The molecule has 2 aromatic rings. The van der Waals surface area contributed by atoms with E-state index >= 15 is 0 Å². The van der Waals surface area contributed by atoms with Crippen LogP contribution in [0.15, 0.2) is 36.9 Å². The summed E-state index contributed by atoms with van der Waals surface area (Å²) in [6, 6.07) is 6.13. The molecule has 1 saturated carbocycles. The summed E-state index contributed by atoms with van der Waals surface area (Å²) in [5, 5.41) is 25.2. The highest BCUT2D eigenvalue weighted by atomic mass is 32.1. The summed E-state index contributed by atoms with van der Waals surface area (Å²) in [5.41, 5.74) is 0.707. The highest BCUT2D eigenvalue weighted by molar-refractivity contribution is 7.15. The number of fused-ring (bicyclic) bond motifs is 2. The molecule has 0 spiro atoms. The van der Waals surface area contributed by atoms with Crippen LogP contribution in [0.3, 0.4) is 0 Å². The molecule has 4 rings (SSSR count). The number of likely N-dealkylation sites (N-methyl/N-ethyl adjacent to an activating group) is 1. The molecule has 0 saturated heterocycles. The van der Waals surface area contributed by atoms with Crippen LogP contribution in [0.4, 0.5) is 15.2 Å². The fourth-order valence-corrected chi connectivity index (χ4v) is 7.07. The van der Waals surface area contributed by atoms with Crippen molar-refractivity contribution in [3.05, 3.63) is 53.3 Å². The number of amides is 1. The third-order valence-corrected chi connectivity index (χ3v) is 9.21. The van der Waals surface area contributed by atoms with E-state index in [1.54, 1.807) is 30.2 Å². The Morgan fingerprint density at radius 2 is 2.09 bits per heavy atom. The monoisotopic (exact) mass is 487 g/mol. The maximum atomic E-state index is 13.3. The molecule has 6 nitrogen and oxygen atoms in total. The van der Waals surface area contributed by atoms with Crippen molar-refractivity contribution < 1.29 is 19.4 Å². The number of halogens is 1. The minimum atomic E-state index is -0.659. The van der Waals surface area contributed by atoms with Gasteiger partial charge in [0, 0.05) is 41.9 Å². The Balaban J connectivity index is 1.74. The van der Waals surface area contributed by atoms with Crippen molar-refractivity contribution in [3.8, 4) is 0 Å². The molecular formula is C26H34FN3O3S. The van der Waals surface area contributed by atoms with Gasteiger partial charge in [-0.2, -0.15) is 0 Å². The summed E-state index contributed by atoms with van der Waals surface area (Å²) in [6.07, 6.45) is 3.45. The van der Waals surface area contributed by atoms with Gasteiger partial charge in [-0.25, -0.2) is 9.37 Å². The van der Waals surface area contributed by atoms with E-state index in [0.29, 0.717) is 30.9 Å². The van der Waals surface area contributed by atoms with Gasteiger partial charge in [0.05, 0.1) is 18.4 Å². The SMILES string of the molecule is C=CCN(C)C(=O)CC1c2nc(Nc3ccc(F)cc3)sc2CC2C(C)(CO)C(O)CCC12C. The maximum Gasteiger partial charge on any atom is 0.223 e. The molecule has 5 atom stereocenters. The quantitative estimate of drug-likeness (QED) is 0.502. The molecule has 1 fully saturated rings. The highest BCUT2D eigenvalue weighted by Gasteiger charge is 2.59. The topological polar surface area (TPSA) is 85.7 Å². The molecule has 184 valence electrons. The lowest BCUT2D eigenvalue weighted by molar-refractivity contribution is -0.146. The molecule has 1 aromatic carbocycles. The van der Waals surface area contributed by atoms with Gasteiger partial charge in [-0.05, 0) is 54.9 Å². The lowest BCUT2D eigenvalue weighted by Crippen LogP contribution is -2.57. The van der Waals surface area contributed by atoms with Crippen molar-refractivity contribution in [2.75, 3.05) is 25.5 Å². The fourth-order valence-electron chi connectivity index (χ4n) is 5.98. The summed E-state index contributed by atoms with van der Waals surface area (Å²) in [7, 11) is 1.78. The van der Waals surface area contributed by atoms with Crippen LogP contribution in [-0.4, -0.2) is 52.3 Å². The van der Waals surface area contributed by atoms with Crippen LogP contribution in [0.1, 0.15) is 49.6 Å². The summed E-state index contributed by atoms with van der Waals surface area (Å²) < 4.78 is 13.3. The number of carbonyl (C=O) groups excluding carboxylic acids is 1. The van der Waals surface area contributed by atoms with Crippen molar-refractivity contribution in [1.29, 1.82) is 0 Å². The van der Waals surface area contributed by atoms with Gasteiger partial charge in [-0.15, -0.1) is 17.9 Å². The van der Waals surface area contributed by atoms with Crippen LogP contribution >= 0.6 is 11.3 Å². The largest absolute Gasteiger partial charge is 0.396 e. The first-order valence-corrected chi connectivity index (χ1v) is 12.6. The average Bonchev–Trinajstić information content (AvgIpc) is 3.21. The molecule has 34 heavy (non-hydrogen) atoms. The molecule has 8 heteroatoms. The zero-order valence-electron chi connectivity index (χ0n) is 20.1. The van der Waals surface area contributed by atoms with Gasteiger partial charge >= 0.3 is 0 Å². The van der Waals surface area contributed by atoms with Crippen molar-refractivity contribution in [2.45, 2.75) is 51.6 Å². The van der Waals surface area contributed by atoms with E-state index in [1.807, 2.05) is 6.92 Å². The lowest BCUT2D eigenvalue weighted by Gasteiger charge is -2.58. The van der Waals surface area contributed by atoms with Crippen LogP contribution in [0.5, 0.6) is 0 Å². The van der Waals surface area contributed by atoms with Crippen LogP contribution in [0, 0.1) is 22.6 Å². The number of aliphatic hydroxyl groups excluding tert-OH is 2. The summed E-state index contributed by atoms with van der Waals surface area (Å²) >= 11 is 1.53. The lowest BCUT2D eigenvalue weighted by atomic mass is 9.47. The van der Waals surface area contributed by atoms with E-state index in [0.717, 1.165) is 22.7 Å².